The summed E-state index contributed by atoms with van der Waals surface area (Å²) in [6.07, 6.45) is 1.52. The van der Waals surface area contributed by atoms with Crippen molar-refractivity contribution in [3.8, 4) is 0 Å². The molecule has 0 saturated carbocycles. The second-order valence-corrected chi connectivity index (χ2v) is 4.89. The molecule has 18 heavy (non-hydrogen) atoms. The Morgan fingerprint density at radius 3 is 2.61 bits per heavy atom. The predicted octanol–water partition coefficient (Wildman–Crippen LogP) is 3.62. The van der Waals surface area contributed by atoms with Gasteiger partial charge in [-0.2, -0.15) is 4.98 Å². The fraction of sp³-hybridized carbons (Fsp3) is 0.0909. The highest BCUT2D eigenvalue weighted by atomic mass is 127. The van der Waals surface area contributed by atoms with E-state index in [2.05, 4.69) is 15.3 Å². The lowest BCUT2D eigenvalue weighted by atomic mass is 10.2. The van der Waals surface area contributed by atoms with Gasteiger partial charge in [0.1, 0.15) is 17.5 Å². The number of aromatic nitrogens is 2. The molecule has 0 unspecified atom stereocenters. The lowest BCUT2D eigenvalue weighted by molar-refractivity contribution is 0.560. The van der Waals surface area contributed by atoms with Gasteiger partial charge in [-0.3, -0.25) is 0 Å². The Labute approximate surface area is 121 Å². The largest absolute Gasteiger partial charge is 0.365 e. The van der Waals surface area contributed by atoms with E-state index < -0.39 is 11.6 Å². The summed E-state index contributed by atoms with van der Waals surface area (Å²) in [5.41, 5.74) is -0.0389. The minimum Gasteiger partial charge on any atom is -0.365 e. The number of hydrogen-bond acceptors (Lipinski definition) is 3. The van der Waals surface area contributed by atoms with Crippen LogP contribution in [-0.2, 0) is 6.54 Å². The fourth-order valence-corrected chi connectivity index (χ4v) is 1.93. The zero-order chi connectivity index (χ0) is 13.1. The van der Waals surface area contributed by atoms with Crippen LogP contribution in [0.5, 0.6) is 0 Å². The zero-order valence-electron chi connectivity index (χ0n) is 8.92. The Kier molecular flexibility index (Phi) is 4.28. The molecule has 1 heterocycles. The molecule has 0 saturated heterocycles. The Morgan fingerprint density at radius 1 is 1.28 bits per heavy atom. The maximum absolute atomic E-state index is 13.4. The van der Waals surface area contributed by atoms with Crippen LogP contribution in [0.25, 0.3) is 0 Å². The Hall–Kier alpha value is -1.02. The van der Waals surface area contributed by atoms with Gasteiger partial charge in [0.15, 0.2) is 0 Å². The quantitative estimate of drug-likeness (QED) is 0.652. The van der Waals surface area contributed by atoms with Crippen molar-refractivity contribution < 1.29 is 8.78 Å². The van der Waals surface area contributed by atoms with E-state index in [0.717, 1.165) is 0 Å². The van der Waals surface area contributed by atoms with E-state index in [-0.39, 0.29) is 17.4 Å². The molecule has 0 fully saturated rings. The van der Waals surface area contributed by atoms with Crippen molar-refractivity contribution in [1.82, 2.24) is 9.97 Å². The predicted molar refractivity (Wildman–Crippen MR) is 73.4 cm³/mol. The van der Waals surface area contributed by atoms with Crippen molar-refractivity contribution in [2.75, 3.05) is 5.32 Å². The lowest BCUT2D eigenvalue weighted by Crippen LogP contribution is -2.07. The third kappa shape index (κ3) is 3.05. The van der Waals surface area contributed by atoms with Gasteiger partial charge in [0.05, 0.1) is 3.57 Å². The second-order valence-electron chi connectivity index (χ2n) is 3.39. The molecule has 7 heteroatoms. The molecule has 0 bridgehead atoms. The number of halogens is 4. The number of anilines is 1. The average Bonchev–Trinajstić information content (AvgIpc) is 2.33. The molecule has 0 aliphatic heterocycles. The van der Waals surface area contributed by atoms with Crippen molar-refractivity contribution >= 4 is 40.0 Å². The normalized spacial score (nSPS) is 10.4. The zero-order valence-corrected chi connectivity index (χ0v) is 11.8. The van der Waals surface area contributed by atoms with Crippen LogP contribution in [0.4, 0.5) is 14.6 Å². The van der Waals surface area contributed by atoms with Crippen LogP contribution >= 0.6 is 34.2 Å². The van der Waals surface area contributed by atoms with E-state index in [9.17, 15) is 8.78 Å². The second kappa shape index (κ2) is 5.75. The maximum Gasteiger partial charge on any atom is 0.224 e. The van der Waals surface area contributed by atoms with Gasteiger partial charge in [-0.15, -0.1) is 0 Å². The number of rotatable bonds is 3. The van der Waals surface area contributed by atoms with Crippen molar-refractivity contribution in [3.05, 3.63) is 50.4 Å². The molecular weight excluding hydrogens is 374 g/mol. The lowest BCUT2D eigenvalue weighted by Gasteiger charge is -2.09. The van der Waals surface area contributed by atoms with Crippen LogP contribution in [0.1, 0.15) is 5.56 Å². The molecule has 0 amide bonds. The van der Waals surface area contributed by atoms with Gasteiger partial charge in [0, 0.05) is 18.3 Å². The molecule has 94 valence electrons. The summed E-state index contributed by atoms with van der Waals surface area (Å²) in [7, 11) is 0. The first-order valence-electron chi connectivity index (χ1n) is 4.92. The summed E-state index contributed by atoms with van der Waals surface area (Å²) in [6.45, 7) is -0.0121. The monoisotopic (exact) mass is 381 g/mol. The Bertz CT molecular complexity index is 560. The third-order valence-electron chi connectivity index (χ3n) is 2.21. The van der Waals surface area contributed by atoms with Gasteiger partial charge in [0.25, 0.3) is 0 Å². The van der Waals surface area contributed by atoms with E-state index in [1.54, 1.807) is 0 Å². The molecular formula is C11H7ClF2IN3. The number of nitrogens with zero attached hydrogens (tertiary/aromatic N) is 2. The van der Waals surface area contributed by atoms with Crippen molar-refractivity contribution in [1.29, 1.82) is 0 Å². The molecule has 1 aromatic heterocycles. The molecule has 0 atom stereocenters. The summed E-state index contributed by atoms with van der Waals surface area (Å²) >= 11 is 7.65. The molecule has 2 rings (SSSR count). The summed E-state index contributed by atoms with van der Waals surface area (Å²) in [6, 6.07) is 3.73. The summed E-state index contributed by atoms with van der Waals surface area (Å²) < 4.78 is 27.5. The smallest absolute Gasteiger partial charge is 0.224 e. The number of hydrogen-bond donors (Lipinski definition) is 1. The van der Waals surface area contributed by atoms with E-state index in [1.165, 1.54) is 24.4 Å². The third-order valence-corrected chi connectivity index (χ3v) is 3.18. The van der Waals surface area contributed by atoms with E-state index in [0.29, 0.717) is 9.39 Å². The Balaban J connectivity index is 2.19. The molecule has 2 aromatic rings. The van der Waals surface area contributed by atoms with Crippen molar-refractivity contribution in [2.24, 2.45) is 0 Å². The van der Waals surface area contributed by atoms with E-state index in [1.807, 2.05) is 22.6 Å². The first-order chi connectivity index (χ1) is 8.58. The average molecular weight is 382 g/mol. The fourth-order valence-electron chi connectivity index (χ4n) is 1.34. The van der Waals surface area contributed by atoms with Crippen LogP contribution in [-0.4, -0.2) is 9.97 Å². The molecule has 0 radical (unpaired) electrons. The van der Waals surface area contributed by atoms with Gasteiger partial charge in [-0.25, -0.2) is 13.8 Å². The highest BCUT2D eigenvalue weighted by Gasteiger charge is 2.09. The van der Waals surface area contributed by atoms with Gasteiger partial charge in [-0.05, 0) is 46.3 Å². The highest BCUT2D eigenvalue weighted by molar-refractivity contribution is 14.1. The standard InChI is InChI=1S/C11H7ClF2IN3/c12-11-17-5-9(15)10(18-11)16-4-6-7(13)2-1-3-8(6)14/h1-3,5H,4H2,(H,16,17,18). The van der Waals surface area contributed by atoms with Crippen LogP contribution < -0.4 is 5.32 Å². The first-order valence-corrected chi connectivity index (χ1v) is 6.38. The molecule has 0 spiro atoms. The molecule has 3 nitrogen and oxygen atoms in total. The van der Waals surface area contributed by atoms with Crippen LogP contribution in [0.3, 0.4) is 0 Å². The van der Waals surface area contributed by atoms with Gasteiger partial charge >= 0.3 is 0 Å². The SMILES string of the molecule is Fc1cccc(F)c1CNc1nc(Cl)ncc1I. The van der Waals surface area contributed by atoms with Crippen LogP contribution in [0.2, 0.25) is 5.28 Å². The number of benzene rings is 1. The van der Waals surface area contributed by atoms with Crippen LogP contribution in [0.15, 0.2) is 24.4 Å². The van der Waals surface area contributed by atoms with E-state index >= 15 is 0 Å². The van der Waals surface area contributed by atoms with Gasteiger partial charge < -0.3 is 5.32 Å². The van der Waals surface area contributed by atoms with Crippen molar-refractivity contribution in [2.45, 2.75) is 6.54 Å². The van der Waals surface area contributed by atoms with Crippen molar-refractivity contribution in [3.63, 3.8) is 0 Å². The van der Waals surface area contributed by atoms with Crippen LogP contribution in [0, 0.1) is 15.2 Å². The topological polar surface area (TPSA) is 37.8 Å². The summed E-state index contributed by atoms with van der Waals surface area (Å²) in [4.78, 5) is 7.73. The van der Waals surface area contributed by atoms with E-state index in [4.69, 9.17) is 11.6 Å². The molecule has 1 N–H and O–H groups in total. The minimum atomic E-state index is -0.599. The van der Waals surface area contributed by atoms with Gasteiger partial charge in [-0.1, -0.05) is 6.07 Å². The number of nitrogens with one attached hydrogen (secondary N) is 1. The molecule has 0 aliphatic rings. The summed E-state index contributed by atoms with van der Waals surface area (Å²) in [5.74, 6) is -0.756. The summed E-state index contributed by atoms with van der Waals surface area (Å²) in [5, 5.41) is 2.90. The maximum atomic E-state index is 13.4. The Morgan fingerprint density at radius 2 is 1.94 bits per heavy atom. The highest BCUT2D eigenvalue weighted by Crippen LogP contribution is 2.18. The molecule has 0 aliphatic carbocycles. The minimum absolute atomic E-state index is 0.0121. The molecule has 1 aromatic carbocycles. The first kappa shape index (κ1) is 13.4. The van der Waals surface area contributed by atoms with Gasteiger partial charge in [0.2, 0.25) is 5.28 Å².